The molecule has 1 heterocycles. The second kappa shape index (κ2) is 5.94. The highest BCUT2D eigenvalue weighted by Gasteiger charge is 2.04. The van der Waals surface area contributed by atoms with Crippen LogP contribution in [0, 0.1) is 0 Å². The number of rotatable bonds is 3. The van der Waals surface area contributed by atoms with Gasteiger partial charge in [0.25, 0.3) is 0 Å². The number of fused-ring (bicyclic) bond motifs is 1. The topological polar surface area (TPSA) is 24.9 Å². The molecule has 1 aromatic heterocycles. The Morgan fingerprint density at radius 3 is 2.55 bits per heavy atom. The molecule has 2 nitrogen and oxygen atoms in total. The monoisotopic (exact) mass is 390 g/mol. The van der Waals surface area contributed by atoms with Gasteiger partial charge in [-0.15, -0.1) is 0 Å². The molecule has 0 fully saturated rings. The van der Waals surface area contributed by atoms with Crippen LogP contribution in [-0.4, -0.2) is 4.98 Å². The van der Waals surface area contributed by atoms with Crippen molar-refractivity contribution >= 4 is 48.5 Å². The number of halogens is 2. The number of hydrogen-bond donors (Lipinski definition) is 1. The molecule has 0 unspecified atom stereocenters. The van der Waals surface area contributed by atoms with E-state index in [9.17, 15) is 0 Å². The molecule has 4 heteroatoms. The van der Waals surface area contributed by atoms with Crippen LogP contribution in [0.3, 0.4) is 0 Å². The molecule has 0 atom stereocenters. The number of pyridine rings is 1. The molecule has 20 heavy (non-hydrogen) atoms. The first-order chi connectivity index (χ1) is 9.74. The Balaban J connectivity index is 1.83. The molecular formula is C16H12Br2N2. The maximum absolute atomic E-state index is 4.33. The second-order valence-electron chi connectivity index (χ2n) is 4.48. The van der Waals surface area contributed by atoms with Gasteiger partial charge in [0.2, 0.25) is 0 Å². The number of para-hydroxylation sites is 1. The van der Waals surface area contributed by atoms with E-state index in [1.165, 1.54) is 5.56 Å². The molecule has 0 aliphatic heterocycles. The van der Waals surface area contributed by atoms with Crippen molar-refractivity contribution in [2.24, 2.45) is 0 Å². The van der Waals surface area contributed by atoms with Crippen molar-refractivity contribution in [2.45, 2.75) is 6.54 Å². The third-order valence-electron chi connectivity index (χ3n) is 3.10. The predicted octanol–water partition coefficient (Wildman–Crippen LogP) is 5.37. The van der Waals surface area contributed by atoms with Gasteiger partial charge >= 0.3 is 0 Å². The Hall–Kier alpha value is -1.39. The molecule has 3 aromatic rings. The maximum atomic E-state index is 4.33. The van der Waals surface area contributed by atoms with Gasteiger partial charge in [0.1, 0.15) is 0 Å². The number of aromatic nitrogens is 1. The van der Waals surface area contributed by atoms with Gasteiger partial charge in [0, 0.05) is 27.1 Å². The normalized spacial score (nSPS) is 10.7. The van der Waals surface area contributed by atoms with Crippen molar-refractivity contribution in [1.82, 2.24) is 4.98 Å². The second-order valence-corrected chi connectivity index (χ2v) is 6.19. The summed E-state index contributed by atoms with van der Waals surface area (Å²) in [5.41, 5.74) is 3.32. The van der Waals surface area contributed by atoms with E-state index in [4.69, 9.17) is 0 Å². The zero-order chi connectivity index (χ0) is 13.9. The summed E-state index contributed by atoms with van der Waals surface area (Å²) in [4.78, 5) is 4.33. The quantitative estimate of drug-likeness (QED) is 0.648. The molecule has 1 N–H and O–H groups in total. The minimum absolute atomic E-state index is 0.770. The molecule has 0 radical (unpaired) electrons. The highest BCUT2D eigenvalue weighted by molar-refractivity contribution is 9.11. The van der Waals surface area contributed by atoms with E-state index < -0.39 is 0 Å². The van der Waals surface area contributed by atoms with Crippen molar-refractivity contribution in [2.75, 3.05) is 5.32 Å². The molecule has 100 valence electrons. The van der Waals surface area contributed by atoms with Crippen molar-refractivity contribution in [3.05, 3.63) is 69.2 Å². The molecular weight excluding hydrogens is 380 g/mol. The number of nitrogens with one attached hydrogen (secondary N) is 1. The minimum atomic E-state index is 0.770. The fourth-order valence-corrected chi connectivity index (χ4v) is 3.37. The third kappa shape index (κ3) is 2.86. The van der Waals surface area contributed by atoms with Gasteiger partial charge in [0.15, 0.2) is 0 Å². The fraction of sp³-hybridized carbons (Fsp3) is 0.0625. The van der Waals surface area contributed by atoms with Gasteiger partial charge in [0.05, 0.1) is 11.2 Å². The number of benzene rings is 2. The molecule has 0 aliphatic rings. The van der Waals surface area contributed by atoms with E-state index in [-0.39, 0.29) is 0 Å². The summed E-state index contributed by atoms with van der Waals surface area (Å²) in [7, 11) is 0. The van der Waals surface area contributed by atoms with Gasteiger partial charge in [-0.1, -0.05) is 18.2 Å². The number of hydrogen-bond acceptors (Lipinski definition) is 2. The van der Waals surface area contributed by atoms with Crippen LogP contribution < -0.4 is 5.32 Å². The maximum Gasteiger partial charge on any atom is 0.0702 e. The van der Waals surface area contributed by atoms with Crippen molar-refractivity contribution < 1.29 is 0 Å². The predicted molar refractivity (Wildman–Crippen MR) is 90.9 cm³/mol. The molecule has 0 saturated heterocycles. The molecule has 0 saturated carbocycles. The summed E-state index contributed by atoms with van der Waals surface area (Å²) >= 11 is 7.12. The molecule has 0 spiro atoms. The van der Waals surface area contributed by atoms with Crippen LogP contribution in [0.5, 0.6) is 0 Å². The van der Waals surface area contributed by atoms with E-state index in [0.717, 1.165) is 32.1 Å². The van der Waals surface area contributed by atoms with E-state index in [1.807, 2.05) is 30.5 Å². The molecule has 3 rings (SSSR count). The number of nitrogens with zero attached hydrogens (tertiary/aromatic N) is 1. The van der Waals surface area contributed by atoms with Crippen molar-refractivity contribution in [1.29, 1.82) is 0 Å². The zero-order valence-electron chi connectivity index (χ0n) is 10.6. The van der Waals surface area contributed by atoms with E-state index in [1.54, 1.807) is 0 Å². The largest absolute Gasteiger partial charge is 0.379 e. The lowest BCUT2D eigenvalue weighted by Gasteiger charge is -2.11. The standard InChI is InChI=1S/C16H12Br2N2/c17-13-4-1-5-14(18)16(13)20-10-11-6-7-15-12(9-11)3-2-8-19-15/h1-9,20H,10H2. The molecule has 0 aliphatic carbocycles. The van der Waals surface area contributed by atoms with Crippen LogP contribution in [-0.2, 0) is 6.54 Å². The van der Waals surface area contributed by atoms with Crippen LogP contribution in [0.15, 0.2) is 63.7 Å². The minimum Gasteiger partial charge on any atom is -0.379 e. The van der Waals surface area contributed by atoms with Gasteiger partial charge in [-0.25, -0.2) is 0 Å². The smallest absolute Gasteiger partial charge is 0.0702 e. The highest BCUT2D eigenvalue weighted by Crippen LogP contribution is 2.31. The van der Waals surface area contributed by atoms with E-state index >= 15 is 0 Å². The summed E-state index contributed by atoms with van der Waals surface area (Å²) < 4.78 is 2.10. The van der Waals surface area contributed by atoms with Gasteiger partial charge in [-0.05, 0) is 67.8 Å². The van der Waals surface area contributed by atoms with Gasteiger partial charge in [-0.2, -0.15) is 0 Å². The summed E-state index contributed by atoms with van der Waals surface area (Å²) in [6, 6.07) is 16.4. The van der Waals surface area contributed by atoms with E-state index in [0.29, 0.717) is 0 Å². The Labute approximate surface area is 134 Å². The summed E-state index contributed by atoms with van der Waals surface area (Å²) in [6.07, 6.45) is 1.82. The van der Waals surface area contributed by atoms with Crippen molar-refractivity contribution in [3.8, 4) is 0 Å². The van der Waals surface area contributed by atoms with Crippen LogP contribution in [0.4, 0.5) is 5.69 Å². The Kier molecular flexibility index (Phi) is 4.03. The SMILES string of the molecule is Brc1cccc(Br)c1NCc1ccc2ncccc2c1. The van der Waals surface area contributed by atoms with Crippen LogP contribution in [0.2, 0.25) is 0 Å². The van der Waals surface area contributed by atoms with Crippen LogP contribution in [0.25, 0.3) is 10.9 Å². The lowest BCUT2D eigenvalue weighted by atomic mass is 10.1. The molecule has 0 amide bonds. The number of anilines is 1. The highest BCUT2D eigenvalue weighted by atomic mass is 79.9. The Bertz CT molecular complexity index is 736. The van der Waals surface area contributed by atoms with Gasteiger partial charge < -0.3 is 5.32 Å². The first-order valence-corrected chi connectivity index (χ1v) is 7.84. The lowest BCUT2D eigenvalue weighted by Crippen LogP contribution is -2.00. The average molecular weight is 392 g/mol. The third-order valence-corrected chi connectivity index (χ3v) is 4.42. The first-order valence-electron chi connectivity index (χ1n) is 6.25. The summed E-state index contributed by atoms with van der Waals surface area (Å²) in [5, 5.41) is 4.61. The van der Waals surface area contributed by atoms with Crippen LogP contribution in [0.1, 0.15) is 5.56 Å². The zero-order valence-corrected chi connectivity index (χ0v) is 13.8. The summed E-state index contributed by atoms with van der Waals surface area (Å²) in [6.45, 7) is 0.770. The lowest BCUT2D eigenvalue weighted by molar-refractivity contribution is 1.15. The molecule has 0 bridgehead atoms. The Morgan fingerprint density at radius 1 is 0.950 bits per heavy atom. The van der Waals surface area contributed by atoms with Crippen LogP contribution >= 0.6 is 31.9 Å². The molecule has 2 aromatic carbocycles. The fourth-order valence-electron chi connectivity index (χ4n) is 2.09. The average Bonchev–Trinajstić information content (AvgIpc) is 2.46. The van der Waals surface area contributed by atoms with E-state index in [2.05, 4.69) is 66.4 Å². The van der Waals surface area contributed by atoms with Crippen molar-refractivity contribution in [3.63, 3.8) is 0 Å². The summed E-state index contributed by atoms with van der Waals surface area (Å²) in [5.74, 6) is 0. The first kappa shape index (κ1) is 13.6. The van der Waals surface area contributed by atoms with Gasteiger partial charge in [-0.3, -0.25) is 4.98 Å². The Morgan fingerprint density at radius 2 is 1.75 bits per heavy atom.